The fourth-order valence-electron chi connectivity index (χ4n) is 2.06. The van der Waals surface area contributed by atoms with E-state index in [-0.39, 0.29) is 24.3 Å². The van der Waals surface area contributed by atoms with Gasteiger partial charge in [-0.3, -0.25) is 4.98 Å². The smallest absolute Gasteiger partial charge is 0.337 e. The molecule has 0 spiro atoms. The molecule has 0 bridgehead atoms. The van der Waals surface area contributed by atoms with E-state index in [0.29, 0.717) is 18.8 Å². The van der Waals surface area contributed by atoms with E-state index >= 15 is 0 Å². The first kappa shape index (κ1) is 12.8. The minimum Gasteiger partial charge on any atom is -0.478 e. The molecule has 0 aromatic carbocycles. The van der Waals surface area contributed by atoms with Crippen LogP contribution in [0, 0.1) is 0 Å². The van der Waals surface area contributed by atoms with Crippen molar-refractivity contribution in [3.8, 4) is 0 Å². The molecule has 1 aliphatic heterocycles. The highest BCUT2D eigenvalue weighted by atomic mass is 16.5. The Morgan fingerprint density at radius 3 is 3.11 bits per heavy atom. The number of pyridine rings is 1. The number of nitrogens with zero attached hydrogens (tertiary/aromatic N) is 2. The molecular weight excluding hydrogens is 236 g/mol. The number of carboxylic acids is 1. The third kappa shape index (κ3) is 2.44. The molecule has 2 N–H and O–H groups in total. The molecule has 2 unspecified atom stereocenters. The molecule has 1 saturated heterocycles. The van der Waals surface area contributed by atoms with Crippen LogP contribution in [0.2, 0.25) is 0 Å². The van der Waals surface area contributed by atoms with Gasteiger partial charge in [0.15, 0.2) is 0 Å². The molecule has 0 amide bonds. The number of aliphatic hydroxyl groups excluding tert-OH is 1. The van der Waals surface area contributed by atoms with Gasteiger partial charge in [0.25, 0.3) is 0 Å². The Labute approximate surface area is 105 Å². The molecule has 0 radical (unpaired) electrons. The minimum absolute atomic E-state index is 0.0510. The number of hydrogen-bond acceptors (Lipinski definition) is 5. The molecule has 6 nitrogen and oxygen atoms in total. The van der Waals surface area contributed by atoms with Crippen molar-refractivity contribution < 1.29 is 19.7 Å². The van der Waals surface area contributed by atoms with Crippen LogP contribution >= 0.6 is 0 Å². The summed E-state index contributed by atoms with van der Waals surface area (Å²) >= 11 is 0. The summed E-state index contributed by atoms with van der Waals surface area (Å²) < 4.78 is 5.43. The van der Waals surface area contributed by atoms with Gasteiger partial charge in [-0.05, 0) is 13.0 Å². The summed E-state index contributed by atoms with van der Waals surface area (Å²) in [6, 6.07) is 1.53. The van der Waals surface area contributed by atoms with Crippen LogP contribution in [0.5, 0.6) is 0 Å². The van der Waals surface area contributed by atoms with Gasteiger partial charge in [0, 0.05) is 18.8 Å². The van der Waals surface area contributed by atoms with Crippen LogP contribution in [-0.4, -0.2) is 53.1 Å². The van der Waals surface area contributed by atoms with Crippen molar-refractivity contribution in [1.82, 2.24) is 4.98 Å². The van der Waals surface area contributed by atoms with Crippen molar-refractivity contribution in [2.75, 3.05) is 24.7 Å². The lowest BCUT2D eigenvalue weighted by Gasteiger charge is -2.39. The molecule has 0 aliphatic carbocycles. The zero-order valence-corrected chi connectivity index (χ0v) is 10.1. The number of anilines is 1. The molecule has 2 rings (SSSR count). The van der Waals surface area contributed by atoms with Gasteiger partial charge in [-0.2, -0.15) is 0 Å². The molecule has 1 aliphatic rings. The summed E-state index contributed by atoms with van der Waals surface area (Å²) in [5.41, 5.74) is 0.787. The van der Waals surface area contributed by atoms with Gasteiger partial charge in [0.2, 0.25) is 0 Å². The quantitative estimate of drug-likeness (QED) is 0.808. The summed E-state index contributed by atoms with van der Waals surface area (Å²) in [7, 11) is 0. The van der Waals surface area contributed by atoms with E-state index < -0.39 is 5.97 Å². The molecule has 1 aromatic heterocycles. The first-order valence-electron chi connectivity index (χ1n) is 5.80. The highest BCUT2D eigenvalue weighted by molar-refractivity contribution is 5.94. The van der Waals surface area contributed by atoms with Gasteiger partial charge >= 0.3 is 5.97 Å². The van der Waals surface area contributed by atoms with Crippen LogP contribution < -0.4 is 4.90 Å². The molecule has 2 atom stereocenters. The summed E-state index contributed by atoms with van der Waals surface area (Å²) in [6.07, 6.45) is 2.71. The maximum atomic E-state index is 11.2. The van der Waals surface area contributed by atoms with Crippen molar-refractivity contribution in [2.24, 2.45) is 0 Å². The highest BCUT2D eigenvalue weighted by Crippen LogP contribution is 2.24. The lowest BCUT2D eigenvalue weighted by molar-refractivity contribution is -0.0104. The van der Waals surface area contributed by atoms with E-state index in [1.807, 2.05) is 11.8 Å². The van der Waals surface area contributed by atoms with Crippen LogP contribution in [0.15, 0.2) is 18.5 Å². The average molecular weight is 252 g/mol. The van der Waals surface area contributed by atoms with Gasteiger partial charge < -0.3 is 19.8 Å². The summed E-state index contributed by atoms with van der Waals surface area (Å²) in [5, 5.41) is 18.3. The standard InChI is InChI=1S/C12H16N2O4/c1-8-7-18-9(6-15)5-14(8)11-4-13-3-2-10(11)12(16)17/h2-4,8-9,15H,5-7H2,1H3,(H,16,17). The number of aromatic nitrogens is 1. The minimum atomic E-state index is -0.980. The molecule has 0 saturated carbocycles. The van der Waals surface area contributed by atoms with Gasteiger partial charge in [-0.25, -0.2) is 4.79 Å². The lowest BCUT2D eigenvalue weighted by Crippen LogP contribution is -2.50. The van der Waals surface area contributed by atoms with E-state index in [4.69, 9.17) is 9.84 Å². The van der Waals surface area contributed by atoms with Crippen molar-refractivity contribution in [3.05, 3.63) is 24.0 Å². The lowest BCUT2D eigenvalue weighted by atomic mass is 10.1. The number of aromatic carboxylic acids is 1. The molecule has 18 heavy (non-hydrogen) atoms. The number of hydrogen-bond donors (Lipinski definition) is 2. The zero-order valence-electron chi connectivity index (χ0n) is 10.1. The molecule has 2 heterocycles. The SMILES string of the molecule is CC1COC(CO)CN1c1cnccc1C(=O)O. The Morgan fingerprint density at radius 1 is 1.67 bits per heavy atom. The summed E-state index contributed by atoms with van der Waals surface area (Å²) in [6.45, 7) is 2.79. The Hall–Kier alpha value is -1.66. The number of ether oxygens (including phenoxy) is 1. The maximum Gasteiger partial charge on any atom is 0.337 e. The van der Waals surface area contributed by atoms with Gasteiger partial charge in [0.1, 0.15) is 0 Å². The van der Waals surface area contributed by atoms with Crippen LogP contribution in [0.4, 0.5) is 5.69 Å². The molecule has 1 aromatic rings. The third-order valence-corrected chi connectivity index (χ3v) is 3.05. The topological polar surface area (TPSA) is 82.9 Å². The monoisotopic (exact) mass is 252 g/mol. The molecule has 1 fully saturated rings. The Morgan fingerprint density at radius 2 is 2.44 bits per heavy atom. The predicted octanol–water partition coefficient (Wildman–Crippen LogP) is 0.366. The van der Waals surface area contributed by atoms with Crippen molar-refractivity contribution in [1.29, 1.82) is 0 Å². The van der Waals surface area contributed by atoms with Crippen LogP contribution in [-0.2, 0) is 4.74 Å². The van der Waals surface area contributed by atoms with Gasteiger partial charge in [-0.15, -0.1) is 0 Å². The number of carboxylic acid groups (broad SMARTS) is 1. The van der Waals surface area contributed by atoms with Gasteiger partial charge in [-0.1, -0.05) is 0 Å². The van der Waals surface area contributed by atoms with E-state index in [0.717, 1.165) is 0 Å². The first-order valence-corrected chi connectivity index (χ1v) is 5.80. The Bertz CT molecular complexity index is 438. The van der Waals surface area contributed by atoms with Crippen LogP contribution in [0.1, 0.15) is 17.3 Å². The first-order chi connectivity index (χ1) is 8.63. The fraction of sp³-hybridized carbons (Fsp3) is 0.500. The van der Waals surface area contributed by atoms with E-state index in [1.165, 1.54) is 12.3 Å². The second-order valence-corrected chi connectivity index (χ2v) is 4.34. The number of carbonyl (C=O) groups is 1. The van der Waals surface area contributed by atoms with Gasteiger partial charge in [0.05, 0.1) is 36.8 Å². The number of morpholine rings is 1. The van der Waals surface area contributed by atoms with Crippen molar-refractivity contribution in [3.63, 3.8) is 0 Å². The summed E-state index contributed by atoms with van der Waals surface area (Å²) in [4.78, 5) is 17.1. The Balaban J connectivity index is 2.31. The molecular formula is C12H16N2O4. The number of aliphatic hydroxyl groups is 1. The zero-order chi connectivity index (χ0) is 13.1. The van der Waals surface area contributed by atoms with Crippen molar-refractivity contribution >= 4 is 11.7 Å². The predicted molar refractivity (Wildman–Crippen MR) is 64.8 cm³/mol. The second-order valence-electron chi connectivity index (χ2n) is 4.34. The normalized spacial score (nSPS) is 24.0. The van der Waals surface area contributed by atoms with Crippen LogP contribution in [0.25, 0.3) is 0 Å². The van der Waals surface area contributed by atoms with E-state index in [1.54, 1.807) is 6.20 Å². The maximum absolute atomic E-state index is 11.2. The largest absolute Gasteiger partial charge is 0.478 e. The number of rotatable bonds is 3. The average Bonchev–Trinajstić information content (AvgIpc) is 2.39. The van der Waals surface area contributed by atoms with Crippen molar-refractivity contribution in [2.45, 2.75) is 19.1 Å². The van der Waals surface area contributed by atoms with E-state index in [2.05, 4.69) is 4.98 Å². The second kappa shape index (κ2) is 5.32. The van der Waals surface area contributed by atoms with Crippen LogP contribution in [0.3, 0.4) is 0 Å². The molecule has 98 valence electrons. The third-order valence-electron chi connectivity index (χ3n) is 3.05. The fourth-order valence-corrected chi connectivity index (χ4v) is 2.06. The van der Waals surface area contributed by atoms with E-state index in [9.17, 15) is 9.90 Å². The highest BCUT2D eigenvalue weighted by Gasteiger charge is 2.28. The molecule has 6 heteroatoms. The Kier molecular flexibility index (Phi) is 3.78. The summed E-state index contributed by atoms with van der Waals surface area (Å²) in [5.74, 6) is -0.980.